The number of carbonyl (C=O) groups is 3. The Morgan fingerprint density at radius 2 is 2.15 bits per heavy atom. The van der Waals surface area contributed by atoms with Crippen LogP contribution in [0.2, 0.25) is 0 Å². The van der Waals surface area contributed by atoms with Crippen LogP contribution in [0.5, 0.6) is 0 Å². The van der Waals surface area contributed by atoms with Gasteiger partial charge in [-0.1, -0.05) is 24.8 Å². The molecule has 26 heavy (non-hydrogen) atoms. The fraction of sp³-hybridized carbons (Fsp3) is 0.214. The van der Waals surface area contributed by atoms with Crippen molar-refractivity contribution in [3.63, 3.8) is 0 Å². The monoisotopic (exact) mass is 376 g/mol. The van der Waals surface area contributed by atoms with E-state index in [2.05, 4.69) is 20.5 Å². The van der Waals surface area contributed by atoms with E-state index in [0.717, 1.165) is 11.8 Å². The first-order valence-corrected chi connectivity index (χ1v) is 8.39. The lowest BCUT2D eigenvalue weighted by atomic mass is 10.1. The van der Waals surface area contributed by atoms with Crippen molar-refractivity contribution in [2.45, 2.75) is 12.1 Å². The summed E-state index contributed by atoms with van der Waals surface area (Å²) in [7, 11) is 0. The number of hydrogen-bond donors (Lipinski definition) is 2. The van der Waals surface area contributed by atoms with E-state index in [0.29, 0.717) is 10.1 Å². The van der Waals surface area contributed by atoms with E-state index in [4.69, 9.17) is 0 Å². The lowest BCUT2D eigenvalue weighted by Gasteiger charge is -2.12. The van der Waals surface area contributed by atoms with Gasteiger partial charge in [0.25, 0.3) is 17.5 Å². The molecular weight excluding hydrogens is 364 g/mol. The molecule has 11 nitrogen and oxygen atoms in total. The third-order valence-electron chi connectivity index (χ3n) is 3.47. The van der Waals surface area contributed by atoms with Gasteiger partial charge in [0.05, 0.1) is 10.5 Å². The van der Waals surface area contributed by atoms with Crippen molar-refractivity contribution >= 4 is 41.1 Å². The molecule has 12 heteroatoms. The number of aromatic amines is 1. The molecule has 0 unspecified atom stereocenters. The summed E-state index contributed by atoms with van der Waals surface area (Å²) in [6.07, 6.45) is 0. The molecule has 0 spiro atoms. The number of nitro benzene ring substituents is 1. The molecule has 1 aromatic heterocycles. The maximum absolute atomic E-state index is 12.4. The van der Waals surface area contributed by atoms with Gasteiger partial charge in [0.15, 0.2) is 0 Å². The molecule has 2 heterocycles. The molecule has 0 radical (unpaired) electrons. The van der Waals surface area contributed by atoms with Crippen LogP contribution in [0.4, 0.5) is 11.6 Å². The van der Waals surface area contributed by atoms with Gasteiger partial charge in [-0.3, -0.25) is 34.7 Å². The highest BCUT2D eigenvalue weighted by molar-refractivity contribution is 7.99. The molecule has 3 rings (SSSR count). The minimum Gasteiger partial charge on any atom is -0.293 e. The molecule has 0 bridgehead atoms. The summed E-state index contributed by atoms with van der Waals surface area (Å²) in [4.78, 5) is 51.8. The Labute approximate surface area is 150 Å². The number of H-pyrrole nitrogens is 1. The molecule has 0 aliphatic carbocycles. The van der Waals surface area contributed by atoms with Gasteiger partial charge in [0.2, 0.25) is 17.0 Å². The van der Waals surface area contributed by atoms with Crippen molar-refractivity contribution in [3.05, 3.63) is 39.4 Å². The normalized spacial score (nSPS) is 13.0. The molecule has 1 aliphatic rings. The van der Waals surface area contributed by atoms with E-state index in [1.54, 1.807) is 0 Å². The average molecular weight is 376 g/mol. The van der Waals surface area contributed by atoms with E-state index in [9.17, 15) is 24.5 Å². The van der Waals surface area contributed by atoms with Crippen LogP contribution in [0.3, 0.4) is 0 Å². The third-order valence-corrected chi connectivity index (χ3v) is 4.20. The fourth-order valence-corrected chi connectivity index (χ4v) is 2.95. The van der Waals surface area contributed by atoms with Gasteiger partial charge in [0, 0.05) is 6.07 Å². The first-order valence-electron chi connectivity index (χ1n) is 7.41. The van der Waals surface area contributed by atoms with E-state index in [1.807, 2.05) is 6.92 Å². The lowest BCUT2D eigenvalue weighted by molar-refractivity contribution is -0.385. The van der Waals surface area contributed by atoms with Gasteiger partial charge >= 0.3 is 0 Å². The minimum atomic E-state index is -0.882. The van der Waals surface area contributed by atoms with Crippen molar-refractivity contribution < 1.29 is 19.3 Å². The molecule has 0 saturated carbocycles. The second-order valence-electron chi connectivity index (χ2n) is 5.10. The third kappa shape index (κ3) is 3.13. The predicted molar refractivity (Wildman–Crippen MR) is 89.9 cm³/mol. The Bertz CT molecular complexity index is 926. The number of amides is 3. The van der Waals surface area contributed by atoms with Crippen LogP contribution in [0.1, 0.15) is 27.6 Å². The Morgan fingerprint density at radius 1 is 1.38 bits per heavy atom. The smallest absolute Gasteiger partial charge is 0.282 e. The van der Waals surface area contributed by atoms with Gasteiger partial charge in [-0.05, 0) is 11.8 Å². The first-order chi connectivity index (χ1) is 12.4. The molecule has 3 amide bonds. The van der Waals surface area contributed by atoms with Crippen molar-refractivity contribution in [2.75, 3.05) is 17.6 Å². The van der Waals surface area contributed by atoms with Crippen LogP contribution >= 0.6 is 11.8 Å². The van der Waals surface area contributed by atoms with Crippen LogP contribution in [0, 0.1) is 10.1 Å². The number of fused-ring (bicyclic) bond motifs is 1. The fourth-order valence-electron chi connectivity index (χ4n) is 2.42. The Kier molecular flexibility index (Phi) is 4.67. The molecule has 0 saturated heterocycles. The summed E-state index contributed by atoms with van der Waals surface area (Å²) in [6, 6.07) is 3.76. The second-order valence-corrected chi connectivity index (χ2v) is 6.33. The quantitative estimate of drug-likeness (QED) is 0.329. The van der Waals surface area contributed by atoms with Gasteiger partial charge < -0.3 is 0 Å². The summed E-state index contributed by atoms with van der Waals surface area (Å²) in [5.74, 6) is -1.50. The van der Waals surface area contributed by atoms with E-state index < -0.39 is 34.9 Å². The molecular formula is C14H12N6O5S. The van der Waals surface area contributed by atoms with Crippen molar-refractivity contribution in [1.29, 1.82) is 0 Å². The Hall–Kier alpha value is -3.28. The van der Waals surface area contributed by atoms with Gasteiger partial charge in [0.1, 0.15) is 12.1 Å². The van der Waals surface area contributed by atoms with Crippen molar-refractivity contribution in [2.24, 2.45) is 0 Å². The number of carbonyl (C=O) groups excluding carboxylic acids is 3. The maximum Gasteiger partial charge on any atom is 0.282 e. The summed E-state index contributed by atoms with van der Waals surface area (Å²) >= 11 is 1.37. The number of benzene rings is 1. The number of hydrogen-bond acceptors (Lipinski definition) is 8. The zero-order valence-corrected chi connectivity index (χ0v) is 14.2. The average Bonchev–Trinajstić information content (AvgIpc) is 3.13. The number of anilines is 1. The van der Waals surface area contributed by atoms with Crippen LogP contribution < -0.4 is 5.32 Å². The van der Waals surface area contributed by atoms with Crippen LogP contribution in [-0.2, 0) is 4.79 Å². The summed E-state index contributed by atoms with van der Waals surface area (Å²) in [5.41, 5.74) is -0.880. The zero-order valence-electron chi connectivity index (χ0n) is 13.4. The topological polar surface area (TPSA) is 151 Å². The number of rotatable bonds is 6. The first kappa shape index (κ1) is 17.5. The number of nitrogens with one attached hydrogen (secondary N) is 2. The van der Waals surface area contributed by atoms with E-state index >= 15 is 0 Å². The minimum absolute atomic E-state index is 0.0774. The molecule has 2 N–H and O–H groups in total. The van der Waals surface area contributed by atoms with Gasteiger partial charge in [-0.25, -0.2) is 5.10 Å². The van der Waals surface area contributed by atoms with E-state index in [1.165, 1.54) is 23.9 Å². The Balaban J connectivity index is 1.75. The molecule has 2 aromatic rings. The molecule has 0 atom stereocenters. The highest BCUT2D eigenvalue weighted by Crippen LogP contribution is 2.30. The van der Waals surface area contributed by atoms with Gasteiger partial charge in [-0.15, -0.1) is 5.10 Å². The molecule has 1 aromatic carbocycles. The number of imide groups is 1. The molecule has 134 valence electrons. The predicted octanol–water partition coefficient (Wildman–Crippen LogP) is 1.06. The summed E-state index contributed by atoms with van der Waals surface area (Å²) in [5, 5.41) is 20.3. The number of nitro groups is 1. The highest BCUT2D eigenvalue weighted by Gasteiger charge is 2.41. The highest BCUT2D eigenvalue weighted by atomic mass is 32.2. The molecule has 0 fully saturated rings. The SMILES string of the molecule is CCSc1n[nH]c(NC(=O)CN2C(=O)c3cccc([N+](=O)[O-])c3C2=O)n1. The van der Waals surface area contributed by atoms with Crippen LogP contribution in [-0.4, -0.2) is 55.0 Å². The molecule has 1 aliphatic heterocycles. The lowest BCUT2D eigenvalue weighted by Crippen LogP contribution is -2.37. The standard InChI is InChI=1S/C14H12N6O5S/c1-2-26-14-16-13(17-18-14)15-9(21)6-19-11(22)7-4-3-5-8(20(24)25)10(7)12(19)23/h3-5H,2,6H2,1H3,(H2,15,16,17,18,21). The van der Waals surface area contributed by atoms with Gasteiger partial charge in [-0.2, -0.15) is 4.98 Å². The summed E-state index contributed by atoms with van der Waals surface area (Å²) in [6.45, 7) is 1.32. The second kappa shape index (κ2) is 6.92. The van der Waals surface area contributed by atoms with Crippen molar-refractivity contribution in [1.82, 2.24) is 20.1 Å². The Morgan fingerprint density at radius 3 is 2.85 bits per heavy atom. The largest absolute Gasteiger partial charge is 0.293 e. The van der Waals surface area contributed by atoms with Crippen LogP contribution in [0.25, 0.3) is 0 Å². The number of nitrogens with zero attached hydrogens (tertiary/aromatic N) is 4. The van der Waals surface area contributed by atoms with Crippen LogP contribution in [0.15, 0.2) is 23.4 Å². The number of aromatic nitrogens is 3. The van der Waals surface area contributed by atoms with Crippen molar-refractivity contribution in [3.8, 4) is 0 Å². The zero-order chi connectivity index (χ0) is 18.8. The summed E-state index contributed by atoms with van der Waals surface area (Å²) < 4.78 is 0. The van der Waals surface area contributed by atoms with E-state index in [-0.39, 0.29) is 17.1 Å². The maximum atomic E-state index is 12.4. The number of thioether (sulfide) groups is 1.